The summed E-state index contributed by atoms with van der Waals surface area (Å²) in [6.07, 6.45) is 2.14. The molecule has 0 aliphatic heterocycles. The number of nitrogens with two attached hydrogens (primary N) is 1. The van der Waals surface area contributed by atoms with Crippen LogP contribution in [-0.2, 0) is 4.79 Å². The van der Waals surface area contributed by atoms with E-state index < -0.39 is 0 Å². The molecule has 0 unspecified atom stereocenters. The van der Waals surface area contributed by atoms with Gasteiger partial charge >= 0.3 is 0 Å². The Morgan fingerprint density at radius 3 is 2.69 bits per heavy atom. The van der Waals surface area contributed by atoms with Crippen molar-refractivity contribution in [1.29, 1.82) is 0 Å². The number of hydrogen-bond acceptors (Lipinski definition) is 4. The number of hydrogen-bond donors (Lipinski definition) is 3. The van der Waals surface area contributed by atoms with Crippen LogP contribution in [0.5, 0.6) is 0 Å². The van der Waals surface area contributed by atoms with Crippen LogP contribution in [0.1, 0.15) is 46.6 Å². The van der Waals surface area contributed by atoms with Gasteiger partial charge in [0.25, 0.3) is 0 Å². The minimum atomic E-state index is -0.127. The van der Waals surface area contributed by atoms with Gasteiger partial charge < -0.3 is 11.1 Å². The van der Waals surface area contributed by atoms with Gasteiger partial charge in [-0.25, -0.2) is 4.98 Å². The van der Waals surface area contributed by atoms with Crippen molar-refractivity contribution >= 4 is 28.4 Å². The first-order chi connectivity index (χ1) is 13.6. The van der Waals surface area contributed by atoms with Gasteiger partial charge in [-0.3, -0.25) is 9.89 Å². The molecule has 3 aromatic rings. The number of amides is 1. The summed E-state index contributed by atoms with van der Waals surface area (Å²) in [6.45, 7) is 10.2. The molecular formula is C23H27N5O. The number of benzene rings is 1. The zero-order valence-electron chi connectivity index (χ0n) is 17.6. The number of fused-ring (bicyclic) bond motifs is 1. The number of nitrogens with zero attached hydrogens (tertiary/aromatic N) is 2. The van der Waals surface area contributed by atoms with E-state index in [9.17, 15) is 4.79 Å². The van der Waals surface area contributed by atoms with E-state index in [1.54, 1.807) is 6.20 Å². The lowest BCUT2D eigenvalue weighted by Gasteiger charge is -2.10. The molecule has 0 radical (unpaired) electrons. The lowest BCUT2D eigenvalue weighted by Crippen LogP contribution is -2.14. The topological polar surface area (TPSA) is 96.7 Å². The molecule has 0 aliphatic carbocycles. The van der Waals surface area contributed by atoms with Crippen LogP contribution in [0.4, 0.5) is 11.6 Å². The Hall–Kier alpha value is -3.33. The van der Waals surface area contributed by atoms with Gasteiger partial charge in [0.15, 0.2) is 5.82 Å². The molecule has 0 atom stereocenters. The van der Waals surface area contributed by atoms with Crippen molar-refractivity contribution < 1.29 is 4.79 Å². The second kappa shape index (κ2) is 7.96. The maximum absolute atomic E-state index is 12.1. The molecule has 29 heavy (non-hydrogen) atoms. The number of nitrogen functional groups attached to an aromatic ring is 1. The molecular weight excluding hydrogens is 362 g/mol. The van der Waals surface area contributed by atoms with E-state index in [0.29, 0.717) is 18.1 Å². The molecule has 6 nitrogen and oxygen atoms in total. The van der Waals surface area contributed by atoms with Gasteiger partial charge in [0.1, 0.15) is 5.82 Å². The molecule has 0 aliphatic rings. The van der Waals surface area contributed by atoms with E-state index in [2.05, 4.69) is 53.1 Å². The van der Waals surface area contributed by atoms with Crippen LogP contribution in [0.25, 0.3) is 22.0 Å². The maximum Gasteiger partial charge on any atom is 0.225 e. The van der Waals surface area contributed by atoms with E-state index in [1.165, 1.54) is 0 Å². The van der Waals surface area contributed by atoms with Crippen LogP contribution in [0.3, 0.4) is 0 Å². The van der Waals surface area contributed by atoms with Gasteiger partial charge in [-0.2, -0.15) is 5.10 Å². The van der Waals surface area contributed by atoms with Gasteiger partial charge in [-0.1, -0.05) is 25.7 Å². The smallest absolute Gasteiger partial charge is 0.225 e. The third-order valence-corrected chi connectivity index (χ3v) is 4.23. The van der Waals surface area contributed by atoms with Crippen molar-refractivity contribution in [3.63, 3.8) is 0 Å². The highest BCUT2D eigenvalue weighted by Crippen LogP contribution is 2.30. The molecule has 0 bridgehead atoms. The molecule has 3 rings (SSSR count). The summed E-state index contributed by atoms with van der Waals surface area (Å²) in [4.78, 5) is 16.4. The van der Waals surface area contributed by atoms with Crippen molar-refractivity contribution in [2.75, 3.05) is 11.1 Å². The van der Waals surface area contributed by atoms with Gasteiger partial charge in [-0.15, -0.1) is 0 Å². The minimum Gasteiger partial charge on any atom is -0.382 e. The average molecular weight is 390 g/mol. The number of anilines is 2. The number of pyridine rings is 1. The molecule has 2 heterocycles. The predicted octanol–water partition coefficient (Wildman–Crippen LogP) is 4.59. The quantitative estimate of drug-likeness (QED) is 0.569. The van der Waals surface area contributed by atoms with Crippen molar-refractivity contribution in [1.82, 2.24) is 15.2 Å². The summed E-state index contributed by atoms with van der Waals surface area (Å²) >= 11 is 0. The van der Waals surface area contributed by atoms with Crippen molar-refractivity contribution in [3.8, 4) is 23.0 Å². The summed E-state index contributed by atoms with van der Waals surface area (Å²) in [7, 11) is 0. The second-order valence-electron chi connectivity index (χ2n) is 8.63. The Balaban J connectivity index is 2.03. The van der Waals surface area contributed by atoms with Crippen molar-refractivity contribution in [2.24, 2.45) is 11.3 Å². The molecule has 0 fully saturated rings. The fourth-order valence-electron chi connectivity index (χ4n) is 2.90. The number of rotatable bonds is 4. The summed E-state index contributed by atoms with van der Waals surface area (Å²) in [5.41, 5.74) is 9.44. The summed E-state index contributed by atoms with van der Waals surface area (Å²) < 4.78 is 0. The molecule has 0 spiro atoms. The highest BCUT2D eigenvalue weighted by atomic mass is 16.1. The second-order valence-corrected chi connectivity index (χ2v) is 8.63. The Bertz CT molecular complexity index is 1110. The number of carbonyl (C=O) groups excluding carboxylic acids is 1. The zero-order valence-corrected chi connectivity index (χ0v) is 17.6. The minimum absolute atomic E-state index is 0.0454. The first-order valence-corrected chi connectivity index (χ1v) is 9.69. The highest BCUT2D eigenvalue weighted by Gasteiger charge is 2.12. The van der Waals surface area contributed by atoms with E-state index in [0.717, 1.165) is 27.6 Å². The molecule has 2 aromatic heterocycles. The Morgan fingerprint density at radius 1 is 1.24 bits per heavy atom. The first-order valence-electron chi connectivity index (χ1n) is 9.69. The molecule has 1 aromatic carbocycles. The van der Waals surface area contributed by atoms with E-state index >= 15 is 0 Å². The van der Waals surface area contributed by atoms with Crippen LogP contribution in [-0.4, -0.2) is 21.1 Å². The largest absolute Gasteiger partial charge is 0.382 e. The van der Waals surface area contributed by atoms with E-state index in [-0.39, 0.29) is 17.2 Å². The lowest BCUT2D eigenvalue weighted by atomic mass is 9.96. The average Bonchev–Trinajstić information content (AvgIpc) is 2.99. The monoisotopic (exact) mass is 389 g/mol. The van der Waals surface area contributed by atoms with E-state index in [4.69, 9.17) is 5.73 Å². The zero-order chi connectivity index (χ0) is 21.2. The predicted molar refractivity (Wildman–Crippen MR) is 118 cm³/mol. The third-order valence-electron chi connectivity index (χ3n) is 4.23. The van der Waals surface area contributed by atoms with Crippen LogP contribution < -0.4 is 11.1 Å². The fraction of sp³-hybridized carbons (Fsp3) is 0.348. The summed E-state index contributed by atoms with van der Waals surface area (Å²) in [5, 5.41) is 10.8. The number of H-pyrrole nitrogens is 1. The highest BCUT2D eigenvalue weighted by molar-refractivity contribution is 5.96. The maximum atomic E-state index is 12.1. The van der Waals surface area contributed by atoms with Gasteiger partial charge in [0, 0.05) is 23.4 Å². The third kappa shape index (κ3) is 5.14. The summed E-state index contributed by atoms with van der Waals surface area (Å²) in [6, 6.07) is 7.74. The van der Waals surface area contributed by atoms with Gasteiger partial charge in [0.05, 0.1) is 11.1 Å². The van der Waals surface area contributed by atoms with Crippen molar-refractivity contribution in [3.05, 3.63) is 36.0 Å². The van der Waals surface area contributed by atoms with Crippen molar-refractivity contribution in [2.45, 2.75) is 41.0 Å². The number of nitrogens with one attached hydrogen (secondary N) is 2. The molecule has 6 heteroatoms. The number of aromatic nitrogens is 3. The number of aromatic amines is 1. The molecule has 0 saturated heterocycles. The standard InChI is InChI=1S/C23H27N5O/c1-14(2)10-20(29)26-19-13-15(7-9-25-19)17-11-16(6-8-23(3,4)5)21-18(12-17)22(24)28-27-21/h7,9,11-14H,10H2,1-5H3,(H3,24,27,28)(H,25,26,29). The van der Waals surface area contributed by atoms with Gasteiger partial charge in [0.2, 0.25) is 5.91 Å². The number of carbonyl (C=O) groups is 1. The van der Waals surface area contributed by atoms with Crippen LogP contribution >= 0.6 is 0 Å². The Labute approximate surface area is 171 Å². The normalized spacial score (nSPS) is 11.4. The fourth-order valence-corrected chi connectivity index (χ4v) is 2.90. The molecule has 0 saturated carbocycles. The van der Waals surface area contributed by atoms with Crippen LogP contribution in [0, 0.1) is 23.2 Å². The van der Waals surface area contributed by atoms with E-state index in [1.807, 2.05) is 38.1 Å². The van der Waals surface area contributed by atoms with Crippen LogP contribution in [0.2, 0.25) is 0 Å². The summed E-state index contributed by atoms with van der Waals surface area (Å²) in [5.74, 6) is 7.72. The van der Waals surface area contributed by atoms with Gasteiger partial charge in [-0.05, 0) is 62.1 Å². The molecule has 1 amide bonds. The molecule has 4 N–H and O–H groups in total. The Morgan fingerprint density at radius 2 is 2.00 bits per heavy atom. The van der Waals surface area contributed by atoms with Crippen LogP contribution in [0.15, 0.2) is 30.5 Å². The Kier molecular flexibility index (Phi) is 5.60. The lowest BCUT2D eigenvalue weighted by molar-refractivity contribution is -0.116. The SMILES string of the molecule is CC(C)CC(=O)Nc1cc(-c2cc(C#CC(C)(C)C)c3[nH]nc(N)c3c2)ccn1. The first kappa shape index (κ1) is 20.4. The molecule has 150 valence electrons.